The van der Waals surface area contributed by atoms with Crippen molar-refractivity contribution in [2.45, 2.75) is 6.92 Å². The molecule has 142 valence electrons. The molecule has 0 fully saturated rings. The molecule has 28 heavy (non-hydrogen) atoms. The number of benzene rings is 2. The van der Waals surface area contributed by atoms with Crippen molar-refractivity contribution in [3.63, 3.8) is 0 Å². The average molecular weight is 399 g/mol. The van der Waals surface area contributed by atoms with Gasteiger partial charge in [0.25, 0.3) is 5.91 Å². The van der Waals surface area contributed by atoms with Crippen LogP contribution in [0.3, 0.4) is 0 Å². The molecule has 10 heteroatoms. The minimum Gasteiger partial charge on any atom is -0.334 e. The zero-order chi connectivity index (χ0) is 20.1. The smallest absolute Gasteiger partial charge is 0.334 e. The van der Waals surface area contributed by atoms with Gasteiger partial charge in [-0.1, -0.05) is 29.3 Å². The van der Waals surface area contributed by atoms with Crippen molar-refractivity contribution in [3.05, 3.63) is 81.1 Å². The molecule has 0 atom stereocenters. The molecule has 0 aliphatic heterocycles. The molecule has 1 aromatic heterocycles. The highest BCUT2D eigenvalue weighted by Crippen LogP contribution is 2.30. The molecule has 0 saturated heterocycles. The molecule has 3 N–H and O–H groups in total. The van der Waals surface area contributed by atoms with Crippen LogP contribution < -0.4 is 16.2 Å². The Kier molecular flexibility index (Phi) is 5.66. The maximum atomic E-state index is 12.2. The lowest BCUT2D eigenvalue weighted by Crippen LogP contribution is -2.30. The van der Waals surface area contributed by atoms with Gasteiger partial charge in [-0.3, -0.25) is 25.8 Å². The quantitative estimate of drug-likeness (QED) is 0.425. The molecule has 9 nitrogen and oxygen atoms in total. The van der Waals surface area contributed by atoms with Crippen LogP contribution in [0.1, 0.15) is 15.9 Å². The number of aromatic nitrogens is 2. The number of halogens is 1. The first kappa shape index (κ1) is 19.1. The highest BCUT2D eigenvalue weighted by molar-refractivity contribution is 6.30. The Labute approximate surface area is 164 Å². The standard InChI is InChI=1S/C18H15ClN6O3/c1-11-2-8-14(9-3-11)22-16-15(25(27)28)17(21-10-20-16)23-24-18(26)12-4-6-13(19)7-5-12/h2-10H,1H3,(H,24,26)(H2,20,21,22,23). The Balaban J connectivity index is 1.80. The lowest BCUT2D eigenvalue weighted by molar-refractivity contribution is -0.383. The number of nitro groups is 1. The largest absolute Gasteiger partial charge is 0.355 e. The molecule has 0 aliphatic carbocycles. The topological polar surface area (TPSA) is 122 Å². The Hall–Kier alpha value is -3.72. The zero-order valence-corrected chi connectivity index (χ0v) is 15.4. The molecular formula is C18H15ClN6O3. The number of hydrogen-bond acceptors (Lipinski definition) is 7. The van der Waals surface area contributed by atoms with E-state index in [4.69, 9.17) is 11.6 Å². The molecule has 0 bridgehead atoms. The lowest BCUT2D eigenvalue weighted by atomic mass is 10.2. The molecule has 3 rings (SSSR count). The van der Waals surface area contributed by atoms with Gasteiger partial charge in [-0.15, -0.1) is 0 Å². The third-order valence-electron chi connectivity index (χ3n) is 3.72. The van der Waals surface area contributed by atoms with Gasteiger partial charge in [0.1, 0.15) is 6.33 Å². The first-order valence-corrected chi connectivity index (χ1v) is 8.47. The number of rotatable bonds is 6. The predicted molar refractivity (Wildman–Crippen MR) is 106 cm³/mol. The molecule has 1 amide bonds. The lowest BCUT2D eigenvalue weighted by Gasteiger charge is -2.11. The van der Waals surface area contributed by atoms with Gasteiger partial charge in [0.05, 0.1) is 4.92 Å². The Bertz CT molecular complexity index is 1010. The number of nitrogens with one attached hydrogen (secondary N) is 3. The first-order chi connectivity index (χ1) is 13.4. The van der Waals surface area contributed by atoms with Crippen LogP contribution in [0.15, 0.2) is 54.9 Å². The molecule has 0 saturated carbocycles. The Morgan fingerprint density at radius 1 is 1.04 bits per heavy atom. The van der Waals surface area contributed by atoms with Crippen molar-refractivity contribution < 1.29 is 9.72 Å². The molecule has 2 aromatic carbocycles. The van der Waals surface area contributed by atoms with Crippen molar-refractivity contribution in [2.75, 3.05) is 10.7 Å². The number of carbonyl (C=O) groups is 1. The van der Waals surface area contributed by atoms with Gasteiger partial charge in [0.2, 0.25) is 11.6 Å². The minimum atomic E-state index is -0.632. The summed E-state index contributed by atoms with van der Waals surface area (Å²) in [5.41, 5.74) is 6.45. The molecular weight excluding hydrogens is 384 g/mol. The Morgan fingerprint density at radius 2 is 1.68 bits per heavy atom. The highest BCUT2D eigenvalue weighted by Gasteiger charge is 2.23. The van der Waals surface area contributed by atoms with E-state index in [2.05, 4.69) is 26.1 Å². The van der Waals surface area contributed by atoms with Crippen molar-refractivity contribution in [1.82, 2.24) is 15.4 Å². The van der Waals surface area contributed by atoms with Gasteiger partial charge in [-0.25, -0.2) is 9.97 Å². The van der Waals surface area contributed by atoms with Crippen LogP contribution in [-0.2, 0) is 0 Å². The molecule has 3 aromatic rings. The van der Waals surface area contributed by atoms with E-state index in [1.807, 2.05) is 19.1 Å². The van der Waals surface area contributed by atoms with E-state index in [0.717, 1.165) is 11.9 Å². The SMILES string of the molecule is Cc1ccc(Nc2ncnc(NNC(=O)c3ccc(Cl)cc3)c2[N+](=O)[O-])cc1. The number of anilines is 3. The molecule has 0 unspecified atom stereocenters. The van der Waals surface area contributed by atoms with E-state index >= 15 is 0 Å². The summed E-state index contributed by atoms with van der Waals surface area (Å²) in [7, 11) is 0. The van der Waals surface area contributed by atoms with Gasteiger partial charge in [-0.05, 0) is 43.3 Å². The van der Waals surface area contributed by atoms with E-state index in [0.29, 0.717) is 16.3 Å². The van der Waals surface area contributed by atoms with Crippen molar-refractivity contribution in [1.29, 1.82) is 0 Å². The number of nitrogens with zero attached hydrogens (tertiary/aromatic N) is 3. The Morgan fingerprint density at radius 3 is 2.32 bits per heavy atom. The number of carbonyl (C=O) groups excluding carboxylic acids is 1. The van der Waals surface area contributed by atoms with Gasteiger partial charge >= 0.3 is 5.69 Å². The van der Waals surface area contributed by atoms with E-state index in [-0.39, 0.29) is 11.6 Å². The van der Waals surface area contributed by atoms with Crippen molar-refractivity contribution >= 4 is 40.5 Å². The molecule has 0 radical (unpaired) electrons. The maximum Gasteiger partial charge on any atom is 0.355 e. The summed E-state index contributed by atoms with van der Waals surface area (Å²) >= 11 is 5.79. The van der Waals surface area contributed by atoms with Crippen LogP contribution in [0.5, 0.6) is 0 Å². The van der Waals surface area contributed by atoms with Gasteiger partial charge in [0.15, 0.2) is 0 Å². The zero-order valence-electron chi connectivity index (χ0n) is 14.6. The fourth-order valence-corrected chi connectivity index (χ4v) is 2.42. The summed E-state index contributed by atoms with van der Waals surface area (Å²) in [5.74, 6) is -0.665. The summed E-state index contributed by atoms with van der Waals surface area (Å²) in [6.07, 6.45) is 1.15. The third kappa shape index (κ3) is 4.51. The van der Waals surface area contributed by atoms with Crippen molar-refractivity contribution in [3.8, 4) is 0 Å². The van der Waals surface area contributed by atoms with Crippen LogP contribution in [0, 0.1) is 17.0 Å². The number of hydrazine groups is 1. The van der Waals surface area contributed by atoms with E-state index < -0.39 is 16.5 Å². The van der Waals surface area contributed by atoms with E-state index in [1.165, 1.54) is 12.1 Å². The number of aryl methyl sites for hydroxylation is 1. The average Bonchev–Trinajstić information content (AvgIpc) is 2.68. The second kappa shape index (κ2) is 8.31. The fourth-order valence-electron chi connectivity index (χ4n) is 2.30. The maximum absolute atomic E-state index is 12.2. The normalized spacial score (nSPS) is 10.2. The van der Waals surface area contributed by atoms with Crippen molar-refractivity contribution in [2.24, 2.45) is 0 Å². The molecule has 1 heterocycles. The second-order valence-electron chi connectivity index (χ2n) is 5.75. The summed E-state index contributed by atoms with van der Waals surface area (Å²) in [5, 5.41) is 14.9. The first-order valence-electron chi connectivity index (χ1n) is 8.09. The van der Waals surface area contributed by atoms with E-state index in [1.54, 1.807) is 24.3 Å². The summed E-state index contributed by atoms with van der Waals surface area (Å²) in [6.45, 7) is 1.93. The molecule has 0 aliphatic rings. The summed E-state index contributed by atoms with van der Waals surface area (Å²) in [6, 6.07) is 13.4. The number of hydrogen-bond donors (Lipinski definition) is 3. The monoisotopic (exact) mass is 398 g/mol. The summed E-state index contributed by atoms with van der Waals surface area (Å²) < 4.78 is 0. The number of amides is 1. The van der Waals surface area contributed by atoms with Crippen LogP contribution >= 0.6 is 11.6 Å². The minimum absolute atomic E-state index is 0.00732. The van der Waals surface area contributed by atoms with E-state index in [9.17, 15) is 14.9 Å². The predicted octanol–water partition coefficient (Wildman–Crippen LogP) is 3.85. The van der Waals surface area contributed by atoms with Gasteiger partial charge in [-0.2, -0.15) is 0 Å². The second-order valence-corrected chi connectivity index (χ2v) is 6.19. The van der Waals surface area contributed by atoms with Crippen LogP contribution in [0.4, 0.5) is 23.0 Å². The van der Waals surface area contributed by atoms with Crippen LogP contribution in [-0.4, -0.2) is 20.8 Å². The summed E-state index contributed by atoms with van der Waals surface area (Å²) in [4.78, 5) is 30.9. The van der Waals surface area contributed by atoms with Gasteiger partial charge in [0, 0.05) is 16.3 Å². The molecule has 0 spiro atoms. The fraction of sp³-hybridized carbons (Fsp3) is 0.0556. The third-order valence-corrected chi connectivity index (χ3v) is 3.97. The van der Waals surface area contributed by atoms with Gasteiger partial charge < -0.3 is 5.32 Å². The highest BCUT2D eigenvalue weighted by atomic mass is 35.5. The van der Waals surface area contributed by atoms with Crippen LogP contribution in [0.2, 0.25) is 5.02 Å². The van der Waals surface area contributed by atoms with Crippen LogP contribution in [0.25, 0.3) is 0 Å².